The number of amides is 1. The fourth-order valence-corrected chi connectivity index (χ4v) is 5.23. The predicted octanol–water partition coefficient (Wildman–Crippen LogP) is 3.45. The van der Waals surface area contributed by atoms with E-state index in [1.807, 2.05) is 18.7 Å². The second-order valence-electron chi connectivity index (χ2n) is 8.29. The smallest absolute Gasteiger partial charge is 0.266 e. The van der Waals surface area contributed by atoms with Crippen molar-refractivity contribution in [1.82, 2.24) is 19.9 Å². The van der Waals surface area contributed by atoms with Gasteiger partial charge in [0.05, 0.1) is 29.5 Å². The van der Waals surface area contributed by atoms with Crippen LogP contribution in [0.25, 0.3) is 11.6 Å². The van der Waals surface area contributed by atoms with Crippen molar-refractivity contribution in [2.75, 3.05) is 5.32 Å². The fraction of sp³-hybridized carbons (Fsp3) is 0.280. The van der Waals surface area contributed by atoms with Crippen LogP contribution in [-0.2, 0) is 13.1 Å². The Kier molecular flexibility index (Phi) is 5.35. The van der Waals surface area contributed by atoms with Gasteiger partial charge in [-0.15, -0.1) is 11.3 Å². The van der Waals surface area contributed by atoms with E-state index in [0.717, 1.165) is 46.3 Å². The fourth-order valence-electron chi connectivity index (χ4n) is 4.34. The molecule has 32 heavy (non-hydrogen) atoms. The molecular weight excluding hydrogens is 418 g/mol. The zero-order valence-electron chi connectivity index (χ0n) is 18.5. The van der Waals surface area contributed by atoms with Crippen LogP contribution in [0.1, 0.15) is 51.4 Å². The first-order valence-corrected chi connectivity index (χ1v) is 11.6. The number of nitrogens with one attached hydrogen (secondary N) is 1. The molecule has 0 unspecified atom stereocenters. The first-order chi connectivity index (χ1) is 15.5. The molecule has 2 aliphatic rings. The van der Waals surface area contributed by atoms with Crippen molar-refractivity contribution < 1.29 is 4.79 Å². The highest BCUT2D eigenvalue weighted by Gasteiger charge is 2.30. The van der Waals surface area contributed by atoms with Gasteiger partial charge in [-0.1, -0.05) is 35.9 Å². The summed E-state index contributed by atoms with van der Waals surface area (Å²) in [7, 11) is 0. The van der Waals surface area contributed by atoms with Gasteiger partial charge in [0.25, 0.3) is 5.91 Å². The van der Waals surface area contributed by atoms with Gasteiger partial charge in [0.2, 0.25) is 0 Å². The summed E-state index contributed by atoms with van der Waals surface area (Å²) in [5.74, 6) is 0.775. The molecule has 0 saturated heterocycles. The summed E-state index contributed by atoms with van der Waals surface area (Å²) in [4.78, 5) is 29.0. The van der Waals surface area contributed by atoms with E-state index in [0.29, 0.717) is 18.0 Å². The number of hydrogen-bond acceptors (Lipinski definition) is 6. The van der Waals surface area contributed by atoms with Gasteiger partial charge in [-0.05, 0) is 50.1 Å². The molecule has 2 aromatic heterocycles. The van der Waals surface area contributed by atoms with Gasteiger partial charge in [0, 0.05) is 11.3 Å². The number of nitrogens with zero attached hydrogens (tertiary/aromatic N) is 4. The number of rotatable bonds is 3. The molecule has 1 N–H and O–H groups in total. The Labute approximate surface area is 191 Å². The Morgan fingerprint density at radius 1 is 1.12 bits per heavy atom. The SMILES string of the molecule is CC1=c2ccccc2=CC(Nc2ncnc3c2CN(C(=O)c2sc(C)nc2C)C3)=CCC1. The van der Waals surface area contributed by atoms with E-state index in [1.54, 1.807) is 6.33 Å². The number of allylic oxidation sites excluding steroid dienone is 2. The number of thiazole rings is 1. The molecule has 0 spiro atoms. The highest BCUT2D eigenvalue weighted by atomic mass is 32.1. The summed E-state index contributed by atoms with van der Waals surface area (Å²) >= 11 is 1.45. The molecule has 0 atom stereocenters. The summed E-state index contributed by atoms with van der Waals surface area (Å²) in [6, 6.07) is 8.48. The maximum atomic E-state index is 13.1. The number of carbonyl (C=O) groups is 1. The molecule has 5 rings (SSSR count). The summed E-state index contributed by atoms with van der Waals surface area (Å²) < 4.78 is 0. The lowest BCUT2D eigenvalue weighted by Gasteiger charge is -2.15. The van der Waals surface area contributed by atoms with E-state index in [-0.39, 0.29) is 5.91 Å². The number of fused-ring (bicyclic) bond motifs is 2. The Morgan fingerprint density at radius 2 is 1.97 bits per heavy atom. The molecule has 0 bridgehead atoms. The second-order valence-corrected chi connectivity index (χ2v) is 9.49. The van der Waals surface area contributed by atoms with E-state index in [2.05, 4.69) is 63.6 Å². The van der Waals surface area contributed by atoms with Gasteiger partial charge in [0.1, 0.15) is 17.0 Å². The molecule has 1 aromatic carbocycles. The van der Waals surface area contributed by atoms with E-state index >= 15 is 0 Å². The summed E-state index contributed by atoms with van der Waals surface area (Å²) in [6.45, 7) is 7.00. The lowest BCUT2D eigenvalue weighted by atomic mass is 10.0. The molecule has 6 nitrogen and oxygen atoms in total. The minimum Gasteiger partial charge on any atom is -0.340 e. The van der Waals surface area contributed by atoms with Crippen molar-refractivity contribution in [3.05, 3.63) is 79.6 Å². The molecule has 3 aromatic rings. The summed E-state index contributed by atoms with van der Waals surface area (Å²) in [6.07, 6.45) is 7.95. The van der Waals surface area contributed by atoms with Gasteiger partial charge < -0.3 is 10.2 Å². The monoisotopic (exact) mass is 443 g/mol. The maximum Gasteiger partial charge on any atom is 0.266 e. The predicted molar refractivity (Wildman–Crippen MR) is 127 cm³/mol. The molecule has 0 saturated carbocycles. The van der Waals surface area contributed by atoms with Crippen LogP contribution in [0.2, 0.25) is 0 Å². The third-order valence-corrected chi connectivity index (χ3v) is 7.05. The van der Waals surface area contributed by atoms with E-state index in [9.17, 15) is 4.79 Å². The van der Waals surface area contributed by atoms with Crippen LogP contribution < -0.4 is 15.8 Å². The number of carbonyl (C=O) groups excluding carboxylic acids is 1. The average Bonchev–Trinajstić information content (AvgIpc) is 3.35. The third-order valence-electron chi connectivity index (χ3n) is 5.99. The van der Waals surface area contributed by atoms with Gasteiger partial charge >= 0.3 is 0 Å². The maximum absolute atomic E-state index is 13.1. The standard InChI is InChI=1S/C25H25N5OS/c1-15-7-6-9-19(11-18-8-4-5-10-20(15)18)29-24-21-12-30(13-22(21)26-14-27-24)25(31)23-16(2)28-17(3)32-23/h4-5,8-11,14H,6-7,12-13H2,1-3H3,(H,26,27,29). The van der Waals surface area contributed by atoms with Gasteiger partial charge in [0.15, 0.2) is 0 Å². The van der Waals surface area contributed by atoms with Crippen molar-refractivity contribution in [3.63, 3.8) is 0 Å². The highest BCUT2D eigenvalue weighted by molar-refractivity contribution is 7.13. The molecule has 7 heteroatoms. The van der Waals surface area contributed by atoms with Gasteiger partial charge in [-0.25, -0.2) is 15.0 Å². The number of hydrogen-bond donors (Lipinski definition) is 1. The Balaban J connectivity index is 1.44. The normalized spacial score (nSPS) is 15.3. The van der Waals surface area contributed by atoms with Crippen LogP contribution in [0.4, 0.5) is 5.82 Å². The number of aromatic nitrogens is 3. The van der Waals surface area contributed by atoms with Crippen LogP contribution in [0.3, 0.4) is 0 Å². The molecule has 1 aliphatic carbocycles. The van der Waals surface area contributed by atoms with Crippen molar-refractivity contribution in [2.24, 2.45) is 0 Å². The molecule has 3 heterocycles. The van der Waals surface area contributed by atoms with Gasteiger partial charge in [-0.3, -0.25) is 4.79 Å². The topological polar surface area (TPSA) is 71.0 Å². The van der Waals surface area contributed by atoms with Crippen molar-refractivity contribution >= 4 is 34.7 Å². The Bertz CT molecular complexity index is 1370. The third kappa shape index (κ3) is 3.84. The molecule has 0 radical (unpaired) electrons. The zero-order valence-corrected chi connectivity index (χ0v) is 19.3. The van der Waals surface area contributed by atoms with E-state index in [4.69, 9.17) is 0 Å². The lowest BCUT2D eigenvalue weighted by Crippen LogP contribution is -2.27. The number of aryl methyl sites for hydroxylation is 2. The average molecular weight is 444 g/mol. The number of benzene rings is 1. The van der Waals surface area contributed by atoms with Crippen molar-refractivity contribution in [2.45, 2.75) is 46.7 Å². The van der Waals surface area contributed by atoms with Crippen LogP contribution in [0, 0.1) is 13.8 Å². The lowest BCUT2D eigenvalue weighted by molar-refractivity contribution is 0.0754. The number of anilines is 1. The molecular formula is C25H25N5OS. The minimum absolute atomic E-state index is 0.00808. The molecule has 1 aliphatic heterocycles. The minimum atomic E-state index is 0.00808. The van der Waals surface area contributed by atoms with E-state index in [1.165, 1.54) is 27.3 Å². The van der Waals surface area contributed by atoms with Gasteiger partial charge in [-0.2, -0.15) is 0 Å². The Morgan fingerprint density at radius 3 is 2.78 bits per heavy atom. The molecule has 1 amide bonds. The van der Waals surface area contributed by atoms with Crippen LogP contribution in [0.15, 0.2) is 42.4 Å². The first kappa shape index (κ1) is 20.6. The van der Waals surface area contributed by atoms with E-state index < -0.39 is 0 Å². The van der Waals surface area contributed by atoms with Crippen LogP contribution in [0.5, 0.6) is 0 Å². The quantitative estimate of drug-likeness (QED) is 0.671. The summed E-state index contributed by atoms with van der Waals surface area (Å²) in [5.41, 5.74) is 5.08. The molecule has 0 fully saturated rings. The second kappa shape index (κ2) is 8.31. The van der Waals surface area contributed by atoms with Crippen LogP contribution in [-0.4, -0.2) is 25.8 Å². The first-order valence-electron chi connectivity index (χ1n) is 10.8. The van der Waals surface area contributed by atoms with Crippen molar-refractivity contribution in [1.29, 1.82) is 0 Å². The van der Waals surface area contributed by atoms with Crippen LogP contribution >= 0.6 is 11.3 Å². The highest BCUT2D eigenvalue weighted by Crippen LogP contribution is 2.30. The zero-order chi connectivity index (χ0) is 22.2. The molecule has 162 valence electrons. The summed E-state index contributed by atoms with van der Waals surface area (Å²) in [5, 5.41) is 6.91. The largest absolute Gasteiger partial charge is 0.340 e. The Hall–Kier alpha value is -3.32. The van der Waals surface area contributed by atoms with Crippen molar-refractivity contribution in [3.8, 4) is 0 Å².